The lowest BCUT2D eigenvalue weighted by molar-refractivity contribution is 0.120. The van der Waals surface area contributed by atoms with Crippen LogP contribution in [0.2, 0.25) is 0 Å². The fourth-order valence-corrected chi connectivity index (χ4v) is 5.10. The molecule has 152 valence electrons. The summed E-state index contributed by atoms with van der Waals surface area (Å²) in [5.74, 6) is 0.993. The zero-order valence-corrected chi connectivity index (χ0v) is 16.6. The Morgan fingerprint density at radius 2 is 2.00 bits per heavy atom. The molecule has 1 unspecified atom stereocenters. The van der Waals surface area contributed by atoms with Crippen LogP contribution in [0.25, 0.3) is 10.9 Å². The van der Waals surface area contributed by atoms with Gasteiger partial charge >= 0.3 is 0 Å². The van der Waals surface area contributed by atoms with Crippen molar-refractivity contribution >= 4 is 22.2 Å². The number of nitrogens with zero attached hydrogens (tertiary/aromatic N) is 5. The number of halogens is 2. The van der Waals surface area contributed by atoms with Gasteiger partial charge in [0.15, 0.2) is 0 Å². The predicted octanol–water partition coefficient (Wildman–Crippen LogP) is 3.73. The first-order valence-corrected chi connectivity index (χ1v) is 10.8. The van der Waals surface area contributed by atoms with Gasteiger partial charge < -0.3 is 0 Å². The minimum absolute atomic E-state index is 0.181. The Bertz CT molecular complexity index is 1090. The molecule has 6 nitrogen and oxygen atoms in total. The maximum absolute atomic E-state index is 13.3. The van der Waals surface area contributed by atoms with Crippen molar-refractivity contribution in [2.45, 2.75) is 57.2 Å². The molecule has 0 amide bonds. The van der Waals surface area contributed by atoms with E-state index in [9.17, 15) is 13.6 Å². The highest BCUT2D eigenvalue weighted by atomic mass is 32.1. The minimum atomic E-state index is -2.62. The van der Waals surface area contributed by atoms with Gasteiger partial charge in [-0.25, -0.2) is 13.8 Å². The van der Waals surface area contributed by atoms with Crippen LogP contribution in [-0.2, 0) is 13.1 Å². The van der Waals surface area contributed by atoms with Gasteiger partial charge in [-0.05, 0) is 44.4 Å². The number of rotatable bonds is 6. The maximum atomic E-state index is 13.3. The van der Waals surface area contributed by atoms with Gasteiger partial charge in [-0.2, -0.15) is 0 Å². The molecule has 1 atom stereocenters. The molecule has 2 fully saturated rings. The Balaban J connectivity index is 1.51. The topological polar surface area (TPSA) is 63.9 Å². The van der Waals surface area contributed by atoms with Gasteiger partial charge in [-0.3, -0.25) is 14.3 Å². The van der Waals surface area contributed by atoms with Crippen molar-refractivity contribution < 1.29 is 8.78 Å². The summed E-state index contributed by atoms with van der Waals surface area (Å²) < 4.78 is 27.7. The summed E-state index contributed by atoms with van der Waals surface area (Å²) >= 11 is 1.64. The number of benzene rings is 1. The standard InChI is InChI=1S/C20H21F2N5OS/c21-16(22)10-27-18(23-14-5-2-1-4-13(14)20(27)28)15-6-3-9-26(15)11-17-24-25-19(29-17)12-7-8-12/h1-2,4-5,12,15-16H,3,6-11H2. The van der Waals surface area contributed by atoms with Crippen LogP contribution < -0.4 is 5.56 Å². The number of alkyl halides is 2. The lowest BCUT2D eigenvalue weighted by atomic mass is 10.1. The van der Waals surface area contributed by atoms with Gasteiger partial charge in [-0.15, -0.1) is 10.2 Å². The van der Waals surface area contributed by atoms with E-state index in [2.05, 4.69) is 20.1 Å². The quantitative estimate of drug-likeness (QED) is 0.612. The lowest BCUT2D eigenvalue weighted by Crippen LogP contribution is -2.33. The second-order valence-corrected chi connectivity index (χ2v) is 8.82. The molecule has 0 N–H and O–H groups in total. The molecule has 9 heteroatoms. The summed E-state index contributed by atoms with van der Waals surface area (Å²) in [4.78, 5) is 19.8. The monoisotopic (exact) mass is 417 g/mol. The van der Waals surface area contributed by atoms with Crippen LogP contribution in [0.15, 0.2) is 29.1 Å². The predicted molar refractivity (Wildman–Crippen MR) is 106 cm³/mol. The molecular weight excluding hydrogens is 396 g/mol. The van der Waals surface area contributed by atoms with Gasteiger partial charge in [0, 0.05) is 5.92 Å². The molecule has 5 rings (SSSR count). The third-order valence-electron chi connectivity index (χ3n) is 5.62. The first kappa shape index (κ1) is 18.7. The second-order valence-electron chi connectivity index (χ2n) is 7.73. The lowest BCUT2D eigenvalue weighted by Gasteiger charge is -2.25. The number of fused-ring (bicyclic) bond motifs is 1. The van der Waals surface area contributed by atoms with Gasteiger partial charge in [-0.1, -0.05) is 23.5 Å². The van der Waals surface area contributed by atoms with E-state index in [1.165, 1.54) is 17.4 Å². The van der Waals surface area contributed by atoms with Crippen molar-refractivity contribution in [2.75, 3.05) is 6.54 Å². The fraction of sp³-hybridized carbons (Fsp3) is 0.500. The summed E-state index contributed by atoms with van der Waals surface area (Å²) in [5, 5.41) is 11.0. The van der Waals surface area contributed by atoms with E-state index in [1.54, 1.807) is 29.5 Å². The minimum Gasteiger partial charge on any atom is -0.289 e. The zero-order valence-electron chi connectivity index (χ0n) is 15.8. The summed E-state index contributed by atoms with van der Waals surface area (Å²) in [5.41, 5.74) is 0.154. The highest BCUT2D eigenvalue weighted by Crippen LogP contribution is 2.42. The highest BCUT2D eigenvalue weighted by Gasteiger charge is 2.33. The third-order valence-corrected chi connectivity index (χ3v) is 6.69. The van der Waals surface area contributed by atoms with Crippen molar-refractivity contribution in [1.29, 1.82) is 0 Å². The van der Waals surface area contributed by atoms with E-state index < -0.39 is 18.5 Å². The van der Waals surface area contributed by atoms with E-state index in [1.807, 2.05) is 6.07 Å². The van der Waals surface area contributed by atoms with Crippen molar-refractivity contribution in [1.82, 2.24) is 24.6 Å². The van der Waals surface area contributed by atoms with Gasteiger partial charge in [0.25, 0.3) is 12.0 Å². The summed E-state index contributed by atoms with van der Waals surface area (Å²) in [6.07, 6.45) is 1.45. The number of hydrogen-bond acceptors (Lipinski definition) is 6. The molecule has 1 aliphatic carbocycles. The SMILES string of the molecule is O=c1c2ccccc2nc(C2CCCN2Cc2nnc(C3CC3)s2)n1CC(F)F. The fourth-order valence-electron chi connectivity index (χ4n) is 4.06. The summed E-state index contributed by atoms with van der Waals surface area (Å²) in [6, 6.07) is 6.76. The molecule has 3 aromatic rings. The van der Waals surface area contributed by atoms with Crippen molar-refractivity contribution in [3.63, 3.8) is 0 Å². The number of hydrogen-bond donors (Lipinski definition) is 0. The average Bonchev–Trinajstić information content (AvgIpc) is 3.28. The van der Waals surface area contributed by atoms with E-state index in [-0.39, 0.29) is 6.04 Å². The van der Waals surface area contributed by atoms with Crippen LogP contribution in [0.3, 0.4) is 0 Å². The Kier molecular flexibility index (Phi) is 4.87. The maximum Gasteiger partial charge on any atom is 0.261 e. The molecule has 2 aromatic heterocycles. The molecule has 29 heavy (non-hydrogen) atoms. The van der Waals surface area contributed by atoms with Crippen LogP contribution in [0.1, 0.15) is 53.5 Å². The number of para-hydroxylation sites is 1. The Hall–Kier alpha value is -2.26. The van der Waals surface area contributed by atoms with Crippen molar-refractivity contribution in [2.24, 2.45) is 0 Å². The largest absolute Gasteiger partial charge is 0.289 e. The van der Waals surface area contributed by atoms with E-state index in [4.69, 9.17) is 0 Å². The summed E-state index contributed by atoms with van der Waals surface area (Å²) in [7, 11) is 0. The first-order valence-electron chi connectivity index (χ1n) is 9.94. The van der Waals surface area contributed by atoms with Crippen LogP contribution in [0, 0.1) is 0 Å². The molecular formula is C20H21F2N5OS. The van der Waals surface area contributed by atoms with E-state index in [0.29, 0.717) is 29.2 Å². The molecule has 0 bridgehead atoms. The smallest absolute Gasteiger partial charge is 0.261 e. The van der Waals surface area contributed by atoms with Crippen LogP contribution in [0.5, 0.6) is 0 Å². The van der Waals surface area contributed by atoms with Crippen molar-refractivity contribution in [3.05, 3.63) is 50.5 Å². The molecule has 1 aromatic carbocycles. The average molecular weight is 417 g/mol. The highest BCUT2D eigenvalue weighted by molar-refractivity contribution is 7.11. The van der Waals surface area contributed by atoms with E-state index >= 15 is 0 Å². The van der Waals surface area contributed by atoms with Gasteiger partial charge in [0.05, 0.1) is 30.0 Å². The first-order chi connectivity index (χ1) is 14.1. The number of likely N-dealkylation sites (tertiary alicyclic amines) is 1. The molecule has 2 aliphatic rings. The van der Waals surface area contributed by atoms with Crippen LogP contribution in [0.4, 0.5) is 8.78 Å². The van der Waals surface area contributed by atoms with Gasteiger partial charge in [0.2, 0.25) is 0 Å². The van der Waals surface area contributed by atoms with Crippen LogP contribution in [-0.4, -0.2) is 37.6 Å². The molecule has 1 saturated heterocycles. The second kappa shape index (κ2) is 7.53. The Morgan fingerprint density at radius 3 is 2.79 bits per heavy atom. The molecule has 1 saturated carbocycles. The zero-order chi connectivity index (χ0) is 20.0. The van der Waals surface area contributed by atoms with Crippen molar-refractivity contribution in [3.8, 4) is 0 Å². The number of aromatic nitrogens is 4. The molecule has 0 spiro atoms. The molecule has 1 aliphatic heterocycles. The third kappa shape index (κ3) is 3.69. The molecule has 0 radical (unpaired) electrons. The van der Waals surface area contributed by atoms with E-state index in [0.717, 1.165) is 29.4 Å². The van der Waals surface area contributed by atoms with Gasteiger partial charge in [0.1, 0.15) is 15.8 Å². The summed E-state index contributed by atoms with van der Waals surface area (Å²) in [6.45, 7) is 0.786. The van der Waals surface area contributed by atoms with Crippen LogP contribution >= 0.6 is 11.3 Å². The molecule has 3 heterocycles. The Morgan fingerprint density at radius 1 is 1.17 bits per heavy atom. The Labute approximate surface area is 170 Å². The normalized spacial score (nSPS) is 20.2.